The van der Waals surface area contributed by atoms with Crippen LogP contribution in [0.2, 0.25) is 0 Å². The first-order chi connectivity index (χ1) is 17.3. The number of nitrogens with zero attached hydrogens (tertiary/aromatic N) is 4. The fraction of sp³-hybridized carbons (Fsp3) is 0.375. The Hall–Kier alpha value is -4.35. The summed E-state index contributed by atoms with van der Waals surface area (Å²) in [6.45, 7) is 3.75. The van der Waals surface area contributed by atoms with Crippen molar-refractivity contribution in [2.75, 3.05) is 24.7 Å². The number of anilines is 2. The van der Waals surface area contributed by atoms with Crippen LogP contribution in [0.5, 0.6) is 0 Å². The first kappa shape index (κ1) is 26.3. The summed E-state index contributed by atoms with van der Waals surface area (Å²) in [5, 5.41) is 3.24. The lowest BCUT2D eigenvalue weighted by molar-refractivity contribution is -0.146. The van der Waals surface area contributed by atoms with E-state index < -0.39 is 23.9 Å². The fourth-order valence-electron chi connectivity index (χ4n) is 3.44. The molecule has 12 heteroatoms. The zero-order chi connectivity index (χ0) is 26.1. The number of nitrogens with one attached hydrogen (secondary N) is 1. The van der Waals surface area contributed by atoms with Gasteiger partial charge in [-0.05, 0) is 56.9 Å². The number of rotatable bonds is 11. The average Bonchev–Trinajstić information content (AvgIpc) is 2.85. The number of esters is 2. The Morgan fingerprint density at radius 1 is 1.00 bits per heavy atom. The molecule has 3 heterocycles. The molecule has 5 N–H and O–H groups in total. The van der Waals surface area contributed by atoms with Gasteiger partial charge >= 0.3 is 11.9 Å². The summed E-state index contributed by atoms with van der Waals surface area (Å²) >= 11 is 0. The van der Waals surface area contributed by atoms with Gasteiger partial charge in [-0.25, -0.2) is 9.78 Å². The zero-order valence-electron chi connectivity index (χ0n) is 20.2. The van der Waals surface area contributed by atoms with E-state index in [1.165, 1.54) is 6.20 Å². The van der Waals surface area contributed by atoms with Gasteiger partial charge in [-0.2, -0.15) is 9.97 Å². The van der Waals surface area contributed by atoms with Crippen molar-refractivity contribution in [3.63, 3.8) is 0 Å². The van der Waals surface area contributed by atoms with E-state index in [9.17, 15) is 14.4 Å². The van der Waals surface area contributed by atoms with Gasteiger partial charge in [-0.1, -0.05) is 0 Å². The summed E-state index contributed by atoms with van der Waals surface area (Å²) in [6, 6.07) is 4.25. The molecule has 1 atom stereocenters. The minimum atomic E-state index is -0.978. The summed E-state index contributed by atoms with van der Waals surface area (Å²) in [5.74, 6) is -1.22. The van der Waals surface area contributed by atoms with E-state index in [1.54, 1.807) is 32.2 Å². The lowest BCUT2D eigenvalue weighted by Crippen LogP contribution is -2.42. The van der Waals surface area contributed by atoms with Gasteiger partial charge in [0.15, 0.2) is 5.65 Å². The van der Waals surface area contributed by atoms with Gasteiger partial charge in [0, 0.05) is 24.5 Å². The van der Waals surface area contributed by atoms with Gasteiger partial charge in [-0.3, -0.25) is 14.6 Å². The number of aromatic nitrogens is 4. The topological polar surface area (TPSA) is 185 Å². The van der Waals surface area contributed by atoms with Crippen molar-refractivity contribution >= 4 is 40.6 Å². The van der Waals surface area contributed by atoms with Crippen LogP contribution in [0.25, 0.3) is 11.0 Å². The molecule has 36 heavy (non-hydrogen) atoms. The highest BCUT2D eigenvalue weighted by atomic mass is 16.5. The highest BCUT2D eigenvalue weighted by molar-refractivity contribution is 5.96. The Bertz CT molecular complexity index is 1230. The van der Waals surface area contributed by atoms with Gasteiger partial charge in [0.2, 0.25) is 5.95 Å². The van der Waals surface area contributed by atoms with Crippen molar-refractivity contribution in [1.29, 1.82) is 0 Å². The predicted octanol–water partition coefficient (Wildman–Crippen LogP) is 1.37. The van der Waals surface area contributed by atoms with Crippen LogP contribution in [0.3, 0.4) is 0 Å². The molecule has 0 spiro atoms. The molecular weight excluding hydrogens is 466 g/mol. The Balaban J connectivity index is 1.61. The molecule has 12 nitrogen and oxygen atoms in total. The Kier molecular flexibility index (Phi) is 9.03. The van der Waals surface area contributed by atoms with Crippen LogP contribution in [0, 0.1) is 0 Å². The molecule has 3 rings (SSSR count). The molecule has 0 unspecified atom stereocenters. The van der Waals surface area contributed by atoms with Crippen molar-refractivity contribution < 1.29 is 23.9 Å². The van der Waals surface area contributed by atoms with Gasteiger partial charge in [0.25, 0.3) is 5.91 Å². The molecule has 0 fully saturated rings. The quantitative estimate of drug-likeness (QED) is 0.326. The van der Waals surface area contributed by atoms with E-state index in [0.29, 0.717) is 23.9 Å². The van der Waals surface area contributed by atoms with Gasteiger partial charge in [0.05, 0.1) is 24.2 Å². The van der Waals surface area contributed by atoms with E-state index in [4.69, 9.17) is 20.9 Å². The average molecular weight is 496 g/mol. The van der Waals surface area contributed by atoms with Gasteiger partial charge in [0.1, 0.15) is 11.9 Å². The Morgan fingerprint density at radius 3 is 2.47 bits per heavy atom. The molecule has 0 saturated carbocycles. The first-order valence-electron chi connectivity index (χ1n) is 11.6. The first-order valence-corrected chi connectivity index (χ1v) is 11.6. The van der Waals surface area contributed by atoms with Crippen LogP contribution in [0.4, 0.5) is 11.8 Å². The number of carbonyl (C=O) groups excluding carboxylic acids is 3. The van der Waals surface area contributed by atoms with E-state index in [-0.39, 0.29) is 43.4 Å². The van der Waals surface area contributed by atoms with Crippen molar-refractivity contribution in [2.24, 2.45) is 0 Å². The molecule has 1 amide bonds. The molecule has 3 aromatic heterocycles. The monoisotopic (exact) mass is 495 g/mol. The number of nitrogen functional groups attached to an aromatic ring is 2. The van der Waals surface area contributed by atoms with Crippen LogP contribution in [-0.4, -0.2) is 57.0 Å². The maximum Gasteiger partial charge on any atom is 0.328 e. The fourth-order valence-corrected chi connectivity index (χ4v) is 3.44. The van der Waals surface area contributed by atoms with Gasteiger partial charge in [-0.15, -0.1) is 0 Å². The molecule has 0 aliphatic heterocycles. The van der Waals surface area contributed by atoms with E-state index >= 15 is 0 Å². The summed E-state index contributed by atoms with van der Waals surface area (Å²) in [6.07, 6.45) is 4.40. The lowest BCUT2D eigenvalue weighted by Gasteiger charge is -2.17. The maximum absolute atomic E-state index is 12.7. The van der Waals surface area contributed by atoms with Gasteiger partial charge < -0.3 is 26.3 Å². The predicted molar refractivity (Wildman–Crippen MR) is 132 cm³/mol. The highest BCUT2D eigenvalue weighted by Gasteiger charge is 2.24. The molecule has 0 saturated heterocycles. The normalized spacial score (nSPS) is 11.6. The highest BCUT2D eigenvalue weighted by Crippen LogP contribution is 2.19. The third-order valence-corrected chi connectivity index (χ3v) is 5.23. The standard InChI is InChI=1S/C24H29N7O5/c1-3-35-19(32)10-9-18(23(34)36-4-2)29-22(33)15-6-8-16(27-13-15)7-5-14-11-17-20(25)30-24(26)31-21(17)28-12-14/h6,8,11-13,18H,3-5,7,9-10H2,1-2H3,(H,29,33)(H4,25,26,28,30,31)/t18-/m0/s1. The zero-order valence-corrected chi connectivity index (χ0v) is 20.2. The van der Waals surface area contributed by atoms with Crippen LogP contribution in [-0.2, 0) is 31.9 Å². The Labute approximate surface area is 207 Å². The minimum Gasteiger partial charge on any atom is -0.466 e. The number of carbonyl (C=O) groups is 3. The maximum atomic E-state index is 12.7. The molecule has 0 aromatic carbocycles. The second-order valence-electron chi connectivity index (χ2n) is 7.84. The molecular formula is C24H29N7O5. The van der Waals surface area contributed by atoms with Crippen molar-refractivity contribution in [2.45, 2.75) is 45.6 Å². The number of pyridine rings is 2. The third-order valence-electron chi connectivity index (χ3n) is 5.23. The van der Waals surface area contributed by atoms with E-state index in [1.807, 2.05) is 6.07 Å². The number of amides is 1. The summed E-state index contributed by atoms with van der Waals surface area (Å²) in [4.78, 5) is 53.3. The molecule has 190 valence electrons. The largest absolute Gasteiger partial charge is 0.466 e. The number of ether oxygens (including phenoxy) is 2. The smallest absolute Gasteiger partial charge is 0.328 e. The molecule has 3 aromatic rings. The van der Waals surface area contributed by atoms with Crippen molar-refractivity contribution in [3.05, 3.63) is 47.4 Å². The minimum absolute atomic E-state index is 0.0242. The van der Waals surface area contributed by atoms with Crippen molar-refractivity contribution in [1.82, 2.24) is 25.3 Å². The molecule has 0 aliphatic carbocycles. The SMILES string of the molecule is CCOC(=O)CC[C@H](NC(=O)c1ccc(CCc2cnc3nc(N)nc(N)c3c2)nc1)C(=O)OCC. The lowest BCUT2D eigenvalue weighted by atomic mass is 10.1. The van der Waals surface area contributed by atoms with Crippen LogP contribution < -0.4 is 16.8 Å². The van der Waals surface area contributed by atoms with E-state index in [2.05, 4.69) is 25.3 Å². The van der Waals surface area contributed by atoms with Crippen LogP contribution in [0.15, 0.2) is 30.6 Å². The number of hydrogen-bond acceptors (Lipinski definition) is 11. The molecule has 0 radical (unpaired) electrons. The number of hydrogen-bond donors (Lipinski definition) is 3. The summed E-state index contributed by atoms with van der Waals surface area (Å²) in [7, 11) is 0. The Morgan fingerprint density at radius 2 is 1.78 bits per heavy atom. The molecule has 0 bridgehead atoms. The van der Waals surface area contributed by atoms with Crippen molar-refractivity contribution in [3.8, 4) is 0 Å². The van der Waals surface area contributed by atoms with Crippen LogP contribution in [0.1, 0.15) is 48.3 Å². The second kappa shape index (κ2) is 12.4. The summed E-state index contributed by atoms with van der Waals surface area (Å²) in [5.41, 5.74) is 13.9. The second-order valence-corrected chi connectivity index (χ2v) is 7.84. The third kappa shape index (κ3) is 7.08. The summed E-state index contributed by atoms with van der Waals surface area (Å²) < 4.78 is 9.90. The number of nitrogens with two attached hydrogens (primary N) is 2. The van der Waals surface area contributed by atoms with E-state index in [0.717, 1.165) is 11.3 Å². The number of fused-ring (bicyclic) bond motifs is 1. The number of aryl methyl sites for hydroxylation is 2. The van der Waals surface area contributed by atoms with Crippen LogP contribution >= 0.6 is 0 Å². The molecule has 0 aliphatic rings.